The van der Waals surface area contributed by atoms with Crippen molar-refractivity contribution in [2.24, 2.45) is 0 Å². The Hall–Kier alpha value is -0.181. The summed E-state index contributed by atoms with van der Waals surface area (Å²) in [7, 11) is 2.21. The van der Waals surface area contributed by atoms with Crippen LogP contribution in [0.25, 0.3) is 0 Å². The predicted molar refractivity (Wildman–Crippen MR) is 58.2 cm³/mol. The number of hydrogen-bond donors (Lipinski definition) is 0. The first-order chi connectivity index (χ1) is 5.52. The van der Waals surface area contributed by atoms with Gasteiger partial charge in [-0.15, -0.1) is 0 Å². The third-order valence-electron chi connectivity index (χ3n) is 2.15. The fraction of sp³-hybridized carbons (Fsp3) is 0.400. The quantitative estimate of drug-likeness (QED) is 0.747. The van der Waals surface area contributed by atoms with E-state index >= 15 is 0 Å². The summed E-state index contributed by atoms with van der Waals surface area (Å²) in [5.74, 6) is 0. The molecule has 0 heterocycles. The Morgan fingerprint density at radius 2 is 1.50 bits per heavy atom. The van der Waals surface area contributed by atoms with Crippen molar-refractivity contribution in [3.63, 3.8) is 0 Å². The van der Waals surface area contributed by atoms with Gasteiger partial charge in [-0.3, -0.25) is 0 Å². The van der Waals surface area contributed by atoms with E-state index in [2.05, 4.69) is 55.3 Å². The van der Waals surface area contributed by atoms with Crippen LogP contribution in [0, 0.1) is 0 Å². The molecule has 0 fully saturated rings. The van der Waals surface area contributed by atoms with Crippen LogP contribution in [0.4, 0.5) is 5.69 Å². The molecular weight excluding hydrogens is 253 g/mol. The third-order valence-corrected chi connectivity index (χ3v) is 8.63. The van der Waals surface area contributed by atoms with Gasteiger partial charge in [0.15, 0.2) is 0 Å². The first kappa shape index (κ1) is 9.90. The Morgan fingerprint density at radius 3 is 1.92 bits per heavy atom. The maximum absolute atomic E-state index is 2.48. The Balaban J connectivity index is 2.86. The average molecular weight is 270 g/mol. The Labute approximate surface area is 79.6 Å². The number of anilines is 1. The van der Waals surface area contributed by atoms with Gasteiger partial charge in [0.1, 0.15) is 0 Å². The van der Waals surface area contributed by atoms with Crippen molar-refractivity contribution < 1.29 is 0 Å². The van der Waals surface area contributed by atoms with Gasteiger partial charge in [-0.05, 0) is 0 Å². The molecule has 0 saturated heterocycles. The molecule has 0 saturated carbocycles. The molecule has 0 atom stereocenters. The van der Waals surface area contributed by atoms with Crippen LogP contribution in [0.2, 0.25) is 14.8 Å². The molecule has 1 nitrogen and oxygen atoms in total. The number of hydrogen-bond acceptors (Lipinski definition) is 1. The second-order valence-corrected chi connectivity index (χ2v) is 18.4. The fourth-order valence-electron chi connectivity index (χ4n) is 1.04. The molecule has 0 radical (unpaired) electrons. The van der Waals surface area contributed by atoms with Crippen molar-refractivity contribution in [1.82, 2.24) is 0 Å². The summed E-state index contributed by atoms with van der Waals surface area (Å²) < 4.78 is 2.48. The molecule has 0 amide bonds. The summed E-state index contributed by atoms with van der Waals surface area (Å²) in [4.78, 5) is 7.26. The molecule has 0 N–H and O–H groups in total. The minimum absolute atomic E-state index is 1.36. The Kier molecular flexibility index (Phi) is 3.04. The van der Waals surface area contributed by atoms with Crippen LogP contribution in [-0.2, 0) is 0 Å². The number of rotatable bonds is 2. The van der Waals surface area contributed by atoms with Gasteiger partial charge in [-0.25, -0.2) is 0 Å². The van der Waals surface area contributed by atoms with Crippen LogP contribution < -0.4 is 3.12 Å². The molecule has 1 aromatic rings. The Morgan fingerprint density at radius 1 is 1.00 bits per heavy atom. The van der Waals surface area contributed by atoms with Crippen LogP contribution in [0.15, 0.2) is 30.3 Å². The first-order valence-electron chi connectivity index (χ1n) is 4.31. The molecule has 12 heavy (non-hydrogen) atoms. The third kappa shape index (κ3) is 2.40. The molecule has 0 aliphatic heterocycles. The van der Waals surface area contributed by atoms with Gasteiger partial charge in [0.2, 0.25) is 0 Å². The summed E-state index contributed by atoms with van der Waals surface area (Å²) in [6.07, 6.45) is 0. The van der Waals surface area contributed by atoms with Crippen LogP contribution in [-0.4, -0.2) is 25.7 Å². The van der Waals surface area contributed by atoms with Gasteiger partial charge in [0.05, 0.1) is 0 Å². The molecule has 0 aromatic heterocycles. The predicted octanol–water partition coefficient (Wildman–Crippen LogP) is 2.96. The molecule has 1 rings (SSSR count). The standard InChI is InChI=1S/C7H8N.3CH3.Sn/c1-8-7-5-3-2-4-6-7;;;;/h2-6H,1H3;3*1H3;/q-1;;;;+1. The number of para-hydroxylation sites is 1. The van der Waals surface area contributed by atoms with Gasteiger partial charge in [0, 0.05) is 0 Å². The zero-order valence-corrected chi connectivity index (χ0v) is 11.2. The molecule has 0 aliphatic rings. The number of benzene rings is 1. The summed E-state index contributed by atoms with van der Waals surface area (Å²) >= 11 is -1.87. The maximum atomic E-state index is 2.48. The second kappa shape index (κ2) is 3.69. The first-order valence-corrected chi connectivity index (χ1v) is 14.1. The fourth-order valence-corrected chi connectivity index (χ4v) is 3.68. The number of nitrogens with zero attached hydrogens (tertiary/aromatic N) is 1. The summed E-state index contributed by atoms with van der Waals surface area (Å²) in [5, 5.41) is 0. The molecular formula is C10H17NSn. The molecule has 0 unspecified atom stereocenters. The van der Waals surface area contributed by atoms with E-state index in [1.165, 1.54) is 5.69 Å². The van der Waals surface area contributed by atoms with Crippen LogP contribution in [0.5, 0.6) is 0 Å². The van der Waals surface area contributed by atoms with Crippen LogP contribution in [0.1, 0.15) is 0 Å². The van der Waals surface area contributed by atoms with Gasteiger partial charge in [-0.1, -0.05) is 0 Å². The van der Waals surface area contributed by atoms with Crippen molar-refractivity contribution in [3.8, 4) is 0 Å². The zero-order chi connectivity index (χ0) is 9.19. The summed E-state index contributed by atoms with van der Waals surface area (Å²) in [5.41, 5.74) is 1.36. The van der Waals surface area contributed by atoms with E-state index in [0.717, 1.165) is 0 Å². The van der Waals surface area contributed by atoms with E-state index in [-0.39, 0.29) is 0 Å². The van der Waals surface area contributed by atoms with Crippen LogP contribution >= 0.6 is 0 Å². The van der Waals surface area contributed by atoms with Crippen molar-refractivity contribution in [1.29, 1.82) is 0 Å². The van der Waals surface area contributed by atoms with E-state index in [0.29, 0.717) is 0 Å². The van der Waals surface area contributed by atoms with E-state index in [1.807, 2.05) is 0 Å². The second-order valence-electron chi connectivity index (χ2n) is 4.07. The monoisotopic (exact) mass is 271 g/mol. The van der Waals surface area contributed by atoms with Gasteiger partial charge >= 0.3 is 79.7 Å². The van der Waals surface area contributed by atoms with E-state index < -0.39 is 18.7 Å². The molecule has 0 bridgehead atoms. The molecule has 66 valence electrons. The minimum atomic E-state index is -1.87. The molecule has 0 spiro atoms. The normalized spacial score (nSPS) is 11.3. The molecule has 0 aliphatic carbocycles. The summed E-state index contributed by atoms with van der Waals surface area (Å²) in [6, 6.07) is 10.6. The van der Waals surface area contributed by atoms with Crippen LogP contribution in [0.3, 0.4) is 0 Å². The van der Waals surface area contributed by atoms with Crippen molar-refractivity contribution in [2.45, 2.75) is 14.8 Å². The molecule has 1 aromatic carbocycles. The van der Waals surface area contributed by atoms with E-state index in [4.69, 9.17) is 0 Å². The van der Waals surface area contributed by atoms with E-state index in [9.17, 15) is 0 Å². The van der Waals surface area contributed by atoms with E-state index in [1.54, 1.807) is 0 Å². The van der Waals surface area contributed by atoms with Gasteiger partial charge < -0.3 is 0 Å². The average Bonchev–Trinajstić information content (AvgIpc) is 2.03. The van der Waals surface area contributed by atoms with Crippen molar-refractivity contribution in [2.75, 3.05) is 10.2 Å². The van der Waals surface area contributed by atoms with Crippen molar-refractivity contribution in [3.05, 3.63) is 30.3 Å². The zero-order valence-electron chi connectivity index (χ0n) is 8.33. The van der Waals surface area contributed by atoms with Gasteiger partial charge in [0.25, 0.3) is 0 Å². The van der Waals surface area contributed by atoms with Gasteiger partial charge in [-0.2, -0.15) is 0 Å². The summed E-state index contributed by atoms with van der Waals surface area (Å²) in [6.45, 7) is 0. The molecule has 2 heteroatoms. The topological polar surface area (TPSA) is 3.24 Å². The Bertz CT molecular complexity index is 238. The SMILES string of the molecule is C[N](c1ccccc1)[Sn]([CH3])([CH3])[CH3]. The van der Waals surface area contributed by atoms with Crippen molar-refractivity contribution >= 4 is 24.3 Å².